The first-order valence-corrected chi connectivity index (χ1v) is 7.68. The molecule has 2 heterocycles. The number of benzene rings is 1. The van der Waals surface area contributed by atoms with Crippen LogP contribution in [0.1, 0.15) is 10.4 Å². The van der Waals surface area contributed by atoms with Crippen molar-refractivity contribution in [2.45, 2.75) is 0 Å². The molecule has 1 amide bonds. The largest absolute Gasteiger partial charge is 0.497 e. The number of nitrogens with one attached hydrogen (secondary N) is 1. The van der Waals surface area contributed by atoms with Crippen LogP contribution in [0.2, 0.25) is 0 Å². The van der Waals surface area contributed by atoms with Crippen LogP contribution in [0, 0.1) is 11.6 Å². The van der Waals surface area contributed by atoms with E-state index in [0.717, 1.165) is 12.4 Å². The summed E-state index contributed by atoms with van der Waals surface area (Å²) in [6.07, 6.45) is 4.17. The maximum Gasteiger partial charge on any atom is 0.262 e. The third-order valence-corrected chi connectivity index (χ3v) is 3.66. The van der Waals surface area contributed by atoms with Crippen molar-refractivity contribution >= 4 is 11.7 Å². The van der Waals surface area contributed by atoms with Gasteiger partial charge in [0.2, 0.25) is 0 Å². The van der Waals surface area contributed by atoms with Gasteiger partial charge in [-0.2, -0.15) is 0 Å². The number of anilines is 1. The lowest BCUT2D eigenvalue weighted by atomic mass is 10.1. The molecule has 0 atom stereocenters. The topological polar surface area (TPSA) is 86.2 Å². The smallest absolute Gasteiger partial charge is 0.262 e. The van der Waals surface area contributed by atoms with Crippen molar-refractivity contribution < 1.29 is 23.0 Å². The van der Waals surface area contributed by atoms with E-state index in [0.29, 0.717) is 22.8 Å². The fourth-order valence-corrected chi connectivity index (χ4v) is 2.35. The van der Waals surface area contributed by atoms with Crippen LogP contribution in [0.3, 0.4) is 0 Å². The number of amides is 1. The Balaban J connectivity index is 1.85. The zero-order chi connectivity index (χ0) is 19.4. The third kappa shape index (κ3) is 3.81. The summed E-state index contributed by atoms with van der Waals surface area (Å²) in [6.45, 7) is 0. The second-order valence-corrected chi connectivity index (χ2v) is 5.29. The second-order valence-electron chi connectivity index (χ2n) is 5.29. The third-order valence-electron chi connectivity index (χ3n) is 3.66. The Morgan fingerprint density at radius 2 is 1.74 bits per heavy atom. The normalized spacial score (nSPS) is 10.4. The zero-order valence-corrected chi connectivity index (χ0v) is 14.4. The lowest BCUT2D eigenvalue weighted by Crippen LogP contribution is -2.17. The molecule has 2 aromatic heterocycles. The number of ether oxygens (including phenoxy) is 2. The van der Waals surface area contributed by atoms with Crippen LogP contribution < -0.4 is 14.8 Å². The lowest BCUT2D eigenvalue weighted by Gasteiger charge is -2.10. The Morgan fingerprint density at radius 1 is 1.00 bits per heavy atom. The number of carbonyl (C=O) groups is 1. The Hall–Kier alpha value is -3.62. The molecule has 0 saturated heterocycles. The molecule has 0 aliphatic carbocycles. The number of aromatic nitrogens is 3. The number of rotatable bonds is 5. The highest BCUT2D eigenvalue weighted by Gasteiger charge is 2.18. The summed E-state index contributed by atoms with van der Waals surface area (Å²) in [5, 5.41) is 2.29. The molecule has 0 radical (unpaired) electrons. The van der Waals surface area contributed by atoms with E-state index in [2.05, 4.69) is 20.3 Å². The van der Waals surface area contributed by atoms with E-state index in [4.69, 9.17) is 9.47 Å². The predicted octanol–water partition coefficient (Wildman–Crippen LogP) is 3.09. The molecule has 0 aliphatic rings. The number of carbonyl (C=O) groups excluding carboxylic acids is 1. The number of pyridine rings is 1. The standard InChI is InChI=1S/C18H14F2N4O3/c1-26-10-3-4-15(27-2)11(5-10)14-8-23-16(9-22-14)24-18(25)17-12(19)6-21-7-13(17)20/h3-9H,1-2H3,(H,23,24,25). The van der Waals surface area contributed by atoms with E-state index in [1.165, 1.54) is 26.6 Å². The number of methoxy groups -OCH3 is 2. The monoisotopic (exact) mass is 372 g/mol. The maximum atomic E-state index is 13.6. The van der Waals surface area contributed by atoms with Crippen LogP contribution >= 0.6 is 0 Å². The molecule has 0 saturated carbocycles. The molecule has 27 heavy (non-hydrogen) atoms. The molecule has 3 rings (SSSR count). The summed E-state index contributed by atoms with van der Waals surface area (Å²) >= 11 is 0. The van der Waals surface area contributed by atoms with Gasteiger partial charge in [-0.15, -0.1) is 0 Å². The Bertz CT molecular complexity index is 961. The summed E-state index contributed by atoms with van der Waals surface area (Å²) in [5.74, 6) is -1.94. The van der Waals surface area contributed by atoms with Gasteiger partial charge in [0.05, 0.1) is 44.7 Å². The molecule has 1 N–H and O–H groups in total. The van der Waals surface area contributed by atoms with Crippen LogP contribution in [0.25, 0.3) is 11.3 Å². The molecule has 0 spiro atoms. The van der Waals surface area contributed by atoms with Gasteiger partial charge in [-0.05, 0) is 18.2 Å². The van der Waals surface area contributed by atoms with Gasteiger partial charge < -0.3 is 14.8 Å². The minimum atomic E-state index is -1.07. The van der Waals surface area contributed by atoms with Crippen molar-refractivity contribution in [1.82, 2.24) is 15.0 Å². The molecule has 0 bridgehead atoms. The first-order chi connectivity index (χ1) is 13.0. The minimum absolute atomic E-state index is 0.0289. The molecule has 9 heteroatoms. The van der Waals surface area contributed by atoms with Gasteiger partial charge in [-0.1, -0.05) is 0 Å². The highest BCUT2D eigenvalue weighted by molar-refractivity contribution is 6.04. The van der Waals surface area contributed by atoms with Crippen molar-refractivity contribution in [3.63, 3.8) is 0 Å². The number of hydrogen-bond acceptors (Lipinski definition) is 6. The molecule has 138 valence electrons. The fraction of sp³-hybridized carbons (Fsp3) is 0.111. The van der Waals surface area contributed by atoms with E-state index >= 15 is 0 Å². The molecule has 0 fully saturated rings. The van der Waals surface area contributed by atoms with E-state index in [1.54, 1.807) is 18.2 Å². The van der Waals surface area contributed by atoms with Crippen molar-refractivity contribution in [3.8, 4) is 22.8 Å². The number of halogens is 2. The van der Waals surface area contributed by atoms with Crippen LogP contribution in [0.4, 0.5) is 14.6 Å². The summed E-state index contributed by atoms with van der Waals surface area (Å²) < 4.78 is 37.7. The van der Waals surface area contributed by atoms with Gasteiger partial charge in [0, 0.05) is 5.56 Å². The lowest BCUT2D eigenvalue weighted by molar-refractivity contribution is 0.101. The molecule has 3 aromatic rings. The van der Waals surface area contributed by atoms with Crippen LogP contribution in [-0.4, -0.2) is 35.1 Å². The van der Waals surface area contributed by atoms with Gasteiger partial charge in [0.25, 0.3) is 5.91 Å². The SMILES string of the molecule is COc1ccc(OC)c(-c2cnc(NC(=O)c3c(F)cncc3F)cn2)c1. The second kappa shape index (κ2) is 7.73. The summed E-state index contributed by atoms with van der Waals surface area (Å²) in [5.41, 5.74) is 0.351. The minimum Gasteiger partial charge on any atom is -0.497 e. The number of nitrogens with zero attached hydrogens (tertiary/aromatic N) is 3. The zero-order valence-electron chi connectivity index (χ0n) is 14.4. The Kier molecular flexibility index (Phi) is 5.20. The Morgan fingerprint density at radius 3 is 2.33 bits per heavy atom. The first-order valence-electron chi connectivity index (χ1n) is 7.68. The van der Waals surface area contributed by atoms with Crippen molar-refractivity contribution in [2.24, 2.45) is 0 Å². The van der Waals surface area contributed by atoms with Crippen molar-refractivity contribution in [1.29, 1.82) is 0 Å². The highest BCUT2D eigenvalue weighted by Crippen LogP contribution is 2.32. The van der Waals surface area contributed by atoms with E-state index in [9.17, 15) is 13.6 Å². The van der Waals surface area contributed by atoms with Gasteiger partial charge in [-0.25, -0.2) is 13.8 Å². The van der Waals surface area contributed by atoms with E-state index < -0.39 is 23.1 Å². The molecular weight excluding hydrogens is 358 g/mol. The van der Waals surface area contributed by atoms with Crippen LogP contribution in [0.5, 0.6) is 11.5 Å². The molecular formula is C18H14F2N4O3. The first kappa shape index (κ1) is 18.2. The maximum absolute atomic E-state index is 13.6. The average molecular weight is 372 g/mol. The average Bonchev–Trinajstić information content (AvgIpc) is 2.68. The van der Waals surface area contributed by atoms with Gasteiger partial charge >= 0.3 is 0 Å². The Labute approximate surface area is 153 Å². The highest BCUT2D eigenvalue weighted by atomic mass is 19.1. The van der Waals surface area contributed by atoms with E-state index in [1.807, 2.05) is 0 Å². The molecule has 0 unspecified atom stereocenters. The molecule has 7 nitrogen and oxygen atoms in total. The van der Waals surface area contributed by atoms with E-state index in [-0.39, 0.29) is 5.82 Å². The van der Waals surface area contributed by atoms with Crippen molar-refractivity contribution in [3.05, 3.63) is 60.2 Å². The molecule has 1 aromatic carbocycles. The predicted molar refractivity (Wildman–Crippen MR) is 92.7 cm³/mol. The molecule has 0 aliphatic heterocycles. The van der Waals surface area contributed by atoms with Gasteiger partial charge in [0.15, 0.2) is 17.5 Å². The fourth-order valence-electron chi connectivity index (χ4n) is 2.35. The van der Waals surface area contributed by atoms with Crippen LogP contribution in [-0.2, 0) is 0 Å². The number of hydrogen-bond donors (Lipinski definition) is 1. The van der Waals surface area contributed by atoms with Gasteiger partial charge in [0.1, 0.15) is 17.1 Å². The summed E-state index contributed by atoms with van der Waals surface area (Å²) in [4.78, 5) is 23.7. The van der Waals surface area contributed by atoms with Gasteiger partial charge in [-0.3, -0.25) is 14.8 Å². The quantitative estimate of drug-likeness (QED) is 0.741. The van der Waals surface area contributed by atoms with Crippen LogP contribution in [0.15, 0.2) is 43.0 Å². The summed E-state index contributed by atoms with van der Waals surface area (Å²) in [6, 6.07) is 5.19. The summed E-state index contributed by atoms with van der Waals surface area (Å²) in [7, 11) is 3.05. The van der Waals surface area contributed by atoms with Crippen molar-refractivity contribution in [2.75, 3.05) is 19.5 Å².